The number of halogens is 3. The van der Waals surface area contributed by atoms with Crippen LogP contribution in [0.15, 0.2) is 35.3 Å². The number of hydrogen-bond donors (Lipinski definition) is 0. The van der Waals surface area contributed by atoms with E-state index in [0.29, 0.717) is 23.9 Å². The quantitative estimate of drug-likeness (QED) is 0.809. The molecular formula is C15H13F3N2O3. The van der Waals surface area contributed by atoms with Crippen LogP contribution in [0.4, 0.5) is 13.2 Å². The highest BCUT2D eigenvalue weighted by Gasteiger charge is 2.51. The Balaban J connectivity index is 1.83. The second-order valence-corrected chi connectivity index (χ2v) is 5.46. The maximum atomic E-state index is 12.9. The molecule has 1 heterocycles. The molecule has 0 saturated heterocycles. The van der Waals surface area contributed by atoms with Crippen molar-refractivity contribution in [3.05, 3.63) is 40.8 Å². The molecule has 3 rings (SSSR count). The number of esters is 1. The normalized spacial score (nSPS) is 16.3. The summed E-state index contributed by atoms with van der Waals surface area (Å²) < 4.78 is 44.3. The highest BCUT2D eigenvalue weighted by Crippen LogP contribution is 2.42. The Bertz CT molecular complexity index is 796. The van der Waals surface area contributed by atoms with Crippen LogP contribution in [-0.2, 0) is 16.1 Å². The molecule has 1 aliphatic carbocycles. The first-order valence-corrected chi connectivity index (χ1v) is 7.07. The molecule has 0 amide bonds. The Kier molecular flexibility index (Phi) is 3.83. The number of ether oxygens (including phenoxy) is 1. The monoisotopic (exact) mass is 326 g/mol. The predicted molar refractivity (Wildman–Crippen MR) is 74.7 cm³/mol. The molecule has 1 aromatic carbocycles. The summed E-state index contributed by atoms with van der Waals surface area (Å²) in [6.45, 7) is -0.582. The molecule has 0 spiro atoms. The van der Waals surface area contributed by atoms with Crippen LogP contribution in [0.2, 0.25) is 0 Å². The zero-order valence-electron chi connectivity index (χ0n) is 11.9. The van der Waals surface area contributed by atoms with Gasteiger partial charge in [-0.3, -0.25) is 14.2 Å². The molecule has 0 N–H and O–H groups in total. The van der Waals surface area contributed by atoms with E-state index in [-0.39, 0.29) is 0 Å². The van der Waals surface area contributed by atoms with E-state index in [0.717, 1.165) is 10.8 Å². The van der Waals surface area contributed by atoms with E-state index in [9.17, 15) is 22.8 Å². The van der Waals surface area contributed by atoms with E-state index >= 15 is 0 Å². The van der Waals surface area contributed by atoms with Crippen molar-refractivity contribution in [2.24, 2.45) is 5.92 Å². The fraction of sp³-hybridized carbons (Fsp3) is 0.400. The van der Waals surface area contributed by atoms with Crippen LogP contribution in [0, 0.1) is 5.92 Å². The van der Waals surface area contributed by atoms with Crippen LogP contribution in [0.5, 0.6) is 0 Å². The summed E-state index contributed by atoms with van der Waals surface area (Å²) in [5.74, 6) is -1.76. The zero-order chi connectivity index (χ0) is 16.6. The van der Waals surface area contributed by atoms with Gasteiger partial charge < -0.3 is 4.74 Å². The number of alkyl halides is 3. The number of rotatable bonds is 4. The van der Waals surface area contributed by atoms with Crippen molar-refractivity contribution >= 4 is 17.0 Å². The van der Waals surface area contributed by atoms with E-state index in [2.05, 4.69) is 9.72 Å². The Morgan fingerprint density at radius 2 is 2.04 bits per heavy atom. The fourth-order valence-corrected chi connectivity index (χ4v) is 2.42. The first-order valence-electron chi connectivity index (χ1n) is 7.07. The van der Waals surface area contributed by atoms with E-state index in [4.69, 9.17) is 0 Å². The van der Waals surface area contributed by atoms with Gasteiger partial charge >= 0.3 is 12.1 Å². The van der Waals surface area contributed by atoms with Crippen LogP contribution in [0.3, 0.4) is 0 Å². The molecule has 122 valence electrons. The van der Waals surface area contributed by atoms with Gasteiger partial charge in [-0.1, -0.05) is 12.1 Å². The smallest absolute Gasteiger partial charge is 0.425 e. The molecule has 8 heteroatoms. The third kappa shape index (κ3) is 3.35. The van der Waals surface area contributed by atoms with Gasteiger partial charge in [0, 0.05) is 5.92 Å². The molecule has 5 nitrogen and oxygen atoms in total. The van der Waals surface area contributed by atoms with E-state index in [1.54, 1.807) is 24.3 Å². The average Bonchev–Trinajstić information content (AvgIpc) is 3.31. The highest BCUT2D eigenvalue weighted by molar-refractivity contribution is 5.77. The summed E-state index contributed by atoms with van der Waals surface area (Å²) in [6.07, 6.45) is -4.90. The Morgan fingerprint density at radius 3 is 2.70 bits per heavy atom. The van der Waals surface area contributed by atoms with Crippen molar-refractivity contribution in [2.45, 2.75) is 31.7 Å². The second kappa shape index (κ2) is 5.68. The molecule has 2 aromatic rings. The second-order valence-electron chi connectivity index (χ2n) is 5.46. The minimum atomic E-state index is -4.60. The van der Waals surface area contributed by atoms with E-state index in [1.807, 2.05) is 0 Å². The number of carbonyl (C=O) groups excluding carboxylic acids is 1. The molecule has 0 aliphatic heterocycles. The Morgan fingerprint density at radius 1 is 1.35 bits per heavy atom. The molecule has 1 aliphatic rings. The third-order valence-corrected chi connectivity index (χ3v) is 3.67. The van der Waals surface area contributed by atoms with Crippen LogP contribution in [0.25, 0.3) is 11.0 Å². The average molecular weight is 326 g/mol. The number of nitrogens with zero attached hydrogens (tertiary/aromatic N) is 2. The number of benzene rings is 1. The van der Waals surface area contributed by atoms with Gasteiger partial charge in [0.1, 0.15) is 6.54 Å². The first kappa shape index (κ1) is 15.5. The maximum Gasteiger partial charge on any atom is 0.425 e. The van der Waals surface area contributed by atoms with E-state index < -0.39 is 36.3 Å². The summed E-state index contributed by atoms with van der Waals surface area (Å²) in [6, 6.07) is 6.56. The maximum absolute atomic E-state index is 12.9. The van der Waals surface area contributed by atoms with Crippen molar-refractivity contribution in [2.75, 3.05) is 0 Å². The summed E-state index contributed by atoms with van der Waals surface area (Å²) in [5.41, 5.74) is 0.261. The van der Waals surface area contributed by atoms with Gasteiger partial charge in [-0.15, -0.1) is 0 Å². The number of para-hydroxylation sites is 2. The molecule has 0 unspecified atom stereocenters. The van der Waals surface area contributed by atoms with Crippen LogP contribution >= 0.6 is 0 Å². The van der Waals surface area contributed by atoms with Crippen molar-refractivity contribution in [3.8, 4) is 0 Å². The largest absolute Gasteiger partial charge is 0.451 e. The van der Waals surface area contributed by atoms with Crippen molar-refractivity contribution in [1.29, 1.82) is 0 Å². The molecule has 1 fully saturated rings. The van der Waals surface area contributed by atoms with Crippen LogP contribution < -0.4 is 5.56 Å². The predicted octanol–water partition coefficient (Wildman–Crippen LogP) is 2.28. The molecule has 0 radical (unpaired) electrons. The third-order valence-electron chi connectivity index (χ3n) is 3.67. The van der Waals surface area contributed by atoms with Crippen molar-refractivity contribution in [1.82, 2.24) is 9.55 Å². The van der Waals surface area contributed by atoms with Crippen LogP contribution in [-0.4, -0.2) is 27.8 Å². The van der Waals surface area contributed by atoms with Crippen molar-refractivity contribution in [3.63, 3.8) is 0 Å². The van der Waals surface area contributed by atoms with Gasteiger partial charge in [-0.25, -0.2) is 4.98 Å². The first-order chi connectivity index (χ1) is 10.9. The number of carbonyl (C=O) groups is 1. The van der Waals surface area contributed by atoms with Gasteiger partial charge in [-0.2, -0.15) is 13.2 Å². The topological polar surface area (TPSA) is 61.2 Å². The summed E-state index contributed by atoms with van der Waals surface area (Å²) in [4.78, 5) is 27.7. The Labute approximate surface area is 128 Å². The molecule has 0 bridgehead atoms. The summed E-state index contributed by atoms with van der Waals surface area (Å²) in [5, 5.41) is 0. The lowest BCUT2D eigenvalue weighted by Crippen LogP contribution is -2.37. The summed E-state index contributed by atoms with van der Waals surface area (Å²) >= 11 is 0. The minimum Gasteiger partial charge on any atom is -0.451 e. The lowest BCUT2D eigenvalue weighted by atomic mass is 10.2. The van der Waals surface area contributed by atoms with Crippen molar-refractivity contribution < 1.29 is 22.7 Å². The zero-order valence-corrected chi connectivity index (χ0v) is 11.9. The molecule has 1 atom stereocenters. The van der Waals surface area contributed by atoms with E-state index in [1.165, 1.54) is 0 Å². The molecule has 1 aromatic heterocycles. The SMILES string of the molecule is O=C(Cn1c(=O)cnc2ccccc21)O[C@H](C1CC1)C(F)(F)F. The Hall–Kier alpha value is -2.38. The van der Waals surface area contributed by atoms with Gasteiger partial charge in [0.15, 0.2) is 6.10 Å². The number of hydrogen-bond acceptors (Lipinski definition) is 4. The minimum absolute atomic E-state index is 0.368. The standard InChI is InChI=1S/C15H13F3N2O3/c16-15(17,18)14(9-5-6-9)23-13(22)8-20-11-4-2-1-3-10(11)19-7-12(20)21/h1-4,7,9,14H,5-6,8H2/t14-/m1/s1. The number of aromatic nitrogens is 2. The fourth-order valence-electron chi connectivity index (χ4n) is 2.42. The molecule has 23 heavy (non-hydrogen) atoms. The molecular weight excluding hydrogens is 313 g/mol. The lowest BCUT2D eigenvalue weighted by molar-refractivity contribution is -0.226. The van der Waals surface area contributed by atoms with Gasteiger partial charge in [0.25, 0.3) is 5.56 Å². The van der Waals surface area contributed by atoms with Crippen LogP contribution in [0.1, 0.15) is 12.8 Å². The lowest BCUT2D eigenvalue weighted by Gasteiger charge is -2.20. The highest BCUT2D eigenvalue weighted by atomic mass is 19.4. The summed E-state index contributed by atoms with van der Waals surface area (Å²) in [7, 11) is 0. The molecule has 1 saturated carbocycles. The van der Waals surface area contributed by atoms with Gasteiger partial charge in [0.05, 0.1) is 17.2 Å². The van der Waals surface area contributed by atoms with Gasteiger partial charge in [-0.05, 0) is 25.0 Å². The van der Waals surface area contributed by atoms with Gasteiger partial charge in [0.2, 0.25) is 0 Å². The number of fused-ring (bicyclic) bond motifs is 1.